The molecule has 0 saturated carbocycles. The van der Waals surface area contributed by atoms with Gasteiger partial charge in [0.05, 0.1) is 22.2 Å². The van der Waals surface area contributed by atoms with Crippen LogP contribution in [0.2, 0.25) is 10.0 Å². The zero-order chi connectivity index (χ0) is 19.9. The van der Waals surface area contributed by atoms with Crippen LogP contribution in [0.3, 0.4) is 0 Å². The Balaban J connectivity index is 2.20. The predicted molar refractivity (Wildman–Crippen MR) is 107 cm³/mol. The highest BCUT2D eigenvalue weighted by atomic mass is 35.5. The summed E-state index contributed by atoms with van der Waals surface area (Å²) >= 11 is 12.3. The molecule has 1 aromatic rings. The van der Waals surface area contributed by atoms with Crippen LogP contribution in [0.4, 0.5) is 0 Å². The van der Waals surface area contributed by atoms with Crippen LogP contribution in [0, 0.1) is 5.41 Å². The minimum Gasteiger partial charge on any atom is -0.463 e. The Morgan fingerprint density at radius 3 is 2.59 bits per heavy atom. The maximum absolute atomic E-state index is 13.1. The molecular formula is C21H23Cl2NO3. The Labute approximate surface area is 169 Å². The number of ketones is 1. The molecule has 0 radical (unpaired) electrons. The number of nitrogens with one attached hydrogen (secondary N) is 1. The molecule has 1 aromatic carbocycles. The number of allylic oxidation sites excluding steroid dienone is 3. The maximum atomic E-state index is 13.1. The van der Waals surface area contributed by atoms with Crippen molar-refractivity contribution >= 4 is 35.0 Å². The second-order valence-corrected chi connectivity index (χ2v) is 8.64. The summed E-state index contributed by atoms with van der Waals surface area (Å²) in [7, 11) is 0. The van der Waals surface area contributed by atoms with Crippen molar-refractivity contribution in [3.8, 4) is 0 Å². The summed E-state index contributed by atoms with van der Waals surface area (Å²) in [5.74, 6) is -0.902. The maximum Gasteiger partial charge on any atom is 0.336 e. The van der Waals surface area contributed by atoms with E-state index in [0.717, 1.165) is 17.7 Å². The zero-order valence-corrected chi connectivity index (χ0v) is 17.4. The molecule has 0 fully saturated rings. The molecule has 144 valence electrons. The van der Waals surface area contributed by atoms with Gasteiger partial charge in [-0.1, -0.05) is 43.1 Å². The van der Waals surface area contributed by atoms with Gasteiger partial charge in [0, 0.05) is 29.3 Å². The van der Waals surface area contributed by atoms with E-state index in [1.165, 1.54) is 0 Å². The second kappa shape index (κ2) is 7.33. The minimum atomic E-state index is -0.515. The molecule has 1 heterocycles. The van der Waals surface area contributed by atoms with Crippen molar-refractivity contribution in [1.82, 2.24) is 5.32 Å². The van der Waals surface area contributed by atoms with E-state index < -0.39 is 11.9 Å². The standard InChI is InChI=1S/C21H23Cl2NO3/c1-5-27-20(26)17-11(2)24-15-9-21(3,4)10-16(25)19(15)18(17)12-6-7-13(22)14(23)8-12/h6-8,18,24H,5,9-10H2,1-4H3/t18-/m0/s1. The molecule has 0 spiro atoms. The molecule has 0 aromatic heterocycles. The van der Waals surface area contributed by atoms with Crippen LogP contribution in [0.5, 0.6) is 0 Å². The Kier molecular flexibility index (Phi) is 5.42. The second-order valence-electron chi connectivity index (χ2n) is 7.82. The molecule has 0 saturated heterocycles. The molecule has 3 rings (SSSR count). The van der Waals surface area contributed by atoms with Crippen molar-refractivity contribution in [2.24, 2.45) is 5.41 Å². The van der Waals surface area contributed by atoms with Gasteiger partial charge >= 0.3 is 5.97 Å². The van der Waals surface area contributed by atoms with E-state index in [1.807, 2.05) is 13.0 Å². The Hall–Kier alpha value is -1.78. The smallest absolute Gasteiger partial charge is 0.336 e. The predicted octanol–water partition coefficient (Wildman–Crippen LogP) is 5.16. The van der Waals surface area contributed by atoms with Crippen molar-refractivity contribution in [3.05, 3.63) is 56.3 Å². The molecule has 4 nitrogen and oxygen atoms in total. The van der Waals surface area contributed by atoms with E-state index in [0.29, 0.717) is 33.3 Å². The van der Waals surface area contributed by atoms with E-state index in [-0.39, 0.29) is 17.8 Å². The number of rotatable bonds is 3. The number of carbonyl (C=O) groups is 2. The van der Waals surface area contributed by atoms with Crippen molar-refractivity contribution < 1.29 is 14.3 Å². The molecule has 2 aliphatic rings. The third-order valence-electron chi connectivity index (χ3n) is 5.01. The topological polar surface area (TPSA) is 55.4 Å². The van der Waals surface area contributed by atoms with E-state index in [4.69, 9.17) is 27.9 Å². The van der Waals surface area contributed by atoms with Gasteiger partial charge in [-0.2, -0.15) is 0 Å². The fourth-order valence-electron chi connectivity index (χ4n) is 3.94. The van der Waals surface area contributed by atoms with Gasteiger partial charge in [0.1, 0.15) is 0 Å². The SMILES string of the molecule is CCOC(=O)C1=C(C)NC2=C(C(=O)CC(C)(C)C2)[C@H]1c1ccc(Cl)c(Cl)c1. The Bertz CT molecular complexity index is 883. The van der Waals surface area contributed by atoms with Crippen molar-refractivity contribution in [1.29, 1.82) is 0 Å². The molecule has 27 heavy (non-hydrogen) atoms. The summed E-state index contributed by atoms with van der Waals surface area (Å²) in [6.45, 7) is 8.01. The summed E-state index contributed by atoms with van der Waals surface area (Å²) in [5.41, 5.74) is 3.27. The zero-order valence-electron chi connectivity index (χ0n) is 15.9. The van der Waals surface area contributed by atoms with Gasteiger partial charge in [0.15, 0.2) is 5.78 Å². The van der Waals surface area contributed by atoms with Gasteiger partial charge in [-0.25, -0.2) is 4.79 Å². The van der Waals surface area contributed by atoms with Gasteiger partial charge in [-0.3, -0.25) is 4.79 Å². The highest BCUT2D eigenvalue weighted by Gasteiger charge is 2.43. The monoisotopic (exact) mass is 407 g/mol. The summed E-state index contributed by atoms with van der Waals surface area (Å²) in [6.07, 6.45) is 1.17. The van der Waals surface area contributed by atoms with E-state index >= 15 is 0 Å². The van der Waals surface area contributed by atoms with Crippen molar-refractivity contribution in [2.45, 2.75) is 46.5 Å². The Morgan fingerprint density at radius 2 is 1.96 bits per heavy atom. The number of ether oxygens (including phenoxy) is 1. The molecule has 1 N–H and O–H groups in total. The number of benzene rings is 1. The molecule has 1 aliphatic heterocycles. The number of carbonyl (C=O) groups excluding carboxylic acids is 2. The minimum absolute atomic E-state index is 0.0409. The fourth-order valence-corrected chi connectivity index (χ4v) is 4.25. The fraction of sp³-hybridized carbons (Fsp3) is 0.429. The number of hydrogen-bond acceptors (Lipinski definition) is 4. The first kappa shape index (κ1) is 20.0. The van der Waals surface area contributed by atoms with E-state index in [9.17, 15) is 9.59 Å². The van der Waals surface area contributed by atoms with Crippen LogP contribution in [0.25, 0.3) is 0 Å². The lowest BCUT2D eigenvalue weighted by Crippen LogP contribution is -2.38. The van der Waals surface area contributed by atoms with Crippen LogP contribution in [-0.4, -0.2) is 18.4 Å². The van der Waals surface area contributed by atoms with Crippen LogP contribution in [0.15, 0.2) is 40.7 Å². The summed E-state index contributed by atoms with van der Waals surface area (Å²) < 4.78 is 5.28. The van der Waals surface area contributed by atoms with E-state index in [1.54, 1.807) is 19.1 Å². The summed E-state index contributed by atoms with van der Waals surface area (Å²) in [4.78, 5) is 25.8. The molecule has 0 bridgehead atoms. The lowest BCUT2D eigenvalue weighted by atomic mass is 9.68. The lowest BCUT2D eigenvalue weighted by Gasteiger charge is -2.39. The average molecular weight is 408 g/mol. The van der Waals surface area contributed by atoms with Gasteiger partial charge in [0.25, 0.3) is 0 Å². The number of Topliss-reactive ketones (excluding diaryl/α,β-unsaturated/α-hetero) is 1. The highest BCUT2D eigenvalue weighted by Crippen LogP contribution is 2.47. The molecule has 1 atom stereocenters. The van der Waals surface area contributed by atoms with E-state index in [2.05, 4.69) is 19.2 Å². The first-order chi connectivity index (χ1) is 12.6. The molecule has 6 heteroatoms. The number of esters is 1. The van der Waals surface area contributed by atoms with Gasteiger partial charge in [0.2, 0.25) is 0 Å². The largest absolute Gasteiger partial charge is 0.463 e. The summed E-state index contributed by atoms with van der Waals surface area (Å²) in [6, 6.07) is 5.23. The lowest BCUT2D eigenvalue weighted by molar-refractivity contribution is -0.138. The molecular weight excluding hydrogens is 385 g/mol. The van der Waals surface area contributed by atoms with Crippen LogP contribution in [0.1, 0.15) is 52.0 Å². The van der Waals surface area contributed by atoms with Gasteiger partial charge in [-0.05, 0) is 43.4 Å². The van der Waals surface area contributed by atoms with Crippen LogP contribution in [-0.2, 0) is 14.3 Å². The molecule has 1 aliphatic carbocycles. The Morgan fingerprint density at radius 1 is 1.26 bits per heavy atom. The van der Waals surface area contributed by atoms with Crippen LogP contribution >= 0.6 is 23.2 Å². The van der Waals surface area contributed by atoms with Crippen molar-refractivity contribution in [3.63, 3.8) is 0 Å². The number of dihydropyridines is 1. The number of halogens is 2. The first-order valence-corrected chi connectivity index (χ1v) is 9.76. The molecule has 0 amide bonds. The average Bonchev–Trinajstić information content (AvgIpc) is 2.55. The van der Waals surface area contributed by atoms with Crippen LogP contribution < -0.4 is 5.32 Å². The molecule has 0 unspecified atom stereocenters. The first-order valence-electron chi connectivity index (χ1n) is 9.00. The quantitative estimate of drug-likeness (QED) is 0.702. The summed E-state index contributed by atoms with van der Waals surface area (Å²) in [5, 5.41) is 4.11. The van der Waals surface area contributed by atoms with Crippen molar-refractivity contribution in [2.75, 3.05) is 6.61 Å². The van der Waals surface area contributed by atoms with Gasteiger partial charge < -0.3 is 10.1 Å². The highest BCUT2D eigenvalue weighted by molar-refractivity contribution is 6.42. The third-order valence-corrected chi connectivity index (χ3v) is 5.75. The third kappa shape index (κ3) is 3.78. The van der Waals surface area contributed by atoms with Gasteiger partial charge in [-0.15, -0.1) is 0 Å². The number of hydrogen-bond donors (Lipinski definition) is 1. The normalized spacial score (nSPS) is 21.7.